The van der Waals surface area contributed by atoms with Gasteiger partial charge >= 0.3 is 0 Å². The Balaban J connectivity index is 1.53. The van der Waals surface area contributed by atoms with Crippen molar-refractivity contribution in [2.24, 2.45) is 4.99 Å². The number of rotatable bonds is 5. The van der Waals surface area contributed by atoms with Gasteiger partial charge in [-0.25, -0.2) is 15.0 Å². The molecule has 3 heterocycles. The van der Waals surface area contributed by atoms with E-state index in [2.05, 4.69) is 58.4 Å². The zero-order valence-corrected chi connectivity index (χ0v) is 16.6. The van der Waals surface area contributed by atoms with E-state index < -0.39 is 0 Å². The number of guanidine groups is 1. The number of aliphatic imine (C=N–C) groups is 1. The van der Waals surface area contributed by atoms with E-state index in [1.54, 1.807) is 11.3 Å². The fourth-order valence-corrected chi connectivity index (χ4v) is 3.75. The molecule has 0 aliphatic carbocycles. The van der Waals surface area contributed by atoms with Crippen LogP contribution in [0.4, 0.5) is 5.82 Å². The van der Waals surface area contributed by atoms with Crippen LogP contribution in [0.3, 0.4) is 0 Å². The van der Waals surface area contributed by atoms with Gasteiger partial charge in [-0.1, -0.05) is 6.07 Å². The summed E-state index contributed by atoms with van der Waals surface area (Å²) in [6.45, 7) is 9.75. The summed E-state index contributed by atoms with van der Waals surface area (Å²) in [5.41, 5.74) is 1.20. The van der Waals surface area contributed by atoms with Crippen LogP contribution >= 0.6 is 11.3 Å². The minimum Gasteiger partial charge on any atom is -0.357 e. The maximum absolute atomic E-state index is 4.69. The van der Waals surface area contributed by atoms with Crippen LogP contribution in [0.2, 0.25) is 0 Å². The molecular formula is C19H28N6S. The Labute approximate surface area is 159 Å². The number of nitrogens with zero attached hydrogens (tertiary/aromatic N) is 4. The minimum atomic E-state index is 0.438. The first-order valence-corrected chi connectivity index (χ1v) is 10.1. The lowest BCUT2D eigenvalue weighted by Gasteiger charge is -2.33. The van der Waals surface area contributed by atoms with Crippen LogP contribution in [0.1, 0.15) is 35.2 Å². The number of pyridine rings is 1. The van der Waals surface area contributed by atoms with E-state index in [0.29, 0.717) is 12.6 Å². The summed E-state index contributed by atoms with van der Waals surface area (Å²) >= 11 is 1.71. The SMILES string of the molecule is CCNC(=NCc1ncc(C)s1)NC1CCN(c2ccc(C)cn2)CC1. The van der Waals surface area contributed by atoms with Gasteiger partial charge in [-0.3, -0.25) is 0 Å². The Morgan fingerprint density at radius 1 is 1.23 bits per heavy atom. The molecule has 7 heteroatoms. The number of aryl methyl sites for hydroxylation is 2. The van der Waals surface area contributed by atoms with E-state index in [1.165, 1.54) is 10.4 Å². The largest absolute Gasteiger partial charge is 0.357 e. The summed E-state index contributed by atoms with van der Waals surface area (Å²) < 4.78 is 0. The first-order valence-electron chi connectivity index (χ1n) is 9.28. The second-order valence-electron chi connectivity index (χ2n) is 6.66. The third-order valence-electron chi connectivity index (χ3n) is 4.44. The number of piperidine rings is 1. The van der Waals surface area contributed by atoms with Gasteiger partial charge in [0, 0.05) is 42.9 Å². The van der Waals surface area contributed by atoms with Gasteiger partial charge in [0.25, 0.3) is 0 Å². The van der Waals surface area contributed by atoms with E-state index in [9.17, 15) is 0 Å². The second kappa shape index (κ2) is 8.98. The molecule has 0 bridgehead atoms. The Morgan fingerprint density at radius 2 is 2.04 bits per heavy atom. The van der Waals surface area contributed by atoms with Crippen molar-refractivity contribution < 1.29 is 0 Å². The molecule has 2 N–H and O–H groups in total. The molecule has 0 amide bonds. The predicted octanol–water partition coefficient (Wildman–Crippen LogP) is 2.88. The normalized spacial score (nSPS) is 16.0. The monoisotopic (exact) mass is 372 g/mol. The van der Waals surface area contributed by atoms with Crippen molar-refractivity contribution in [3.8, 4) is 0 Å². The van der Waals surface area contributed by atoms with E-state index in [-0.39, 0.29) is 0 Å². The first kappa shape index (κ1) is 18.6. The number of hydrogen-bond donors (Lipinski definition) is 2. The van der Waals surface area contributed by atoms with Gasteiger partial charge in [-0.2, -0.15) is 0 Å². The zero-order valence-electron chi connectivity index (χ0n) is 15.8. The molecule has 3 rings (SSSR count). The summed E-state index contributed by atoms with van der Waals surface area (Å²) in [5, 5.41) is 7.99. The van der Waals surface area contributed by atoms with E-state index in [4.69, 9.17) is 4.99 Å². The molecule has 0 spiro atoms. The molecule has 1 aliphatic heterocycles. The van der Waals surface area contributed by atoms with Crippen LogP contribution < -0.4 is 15.5 Å². The zero-order chi connectivity index (χ0) is 18.4. The molecule has 26 heavy (non-hydrogen) atoms. The Hall–Kier alpha value is -2.15. The van der Waals surface area contributed by atoms with Crippen molar-refractivity contribution in [3.63, 3.8) is 0 Å². The number of nitrogens with one attached hydrogen (secondary N) is 2. The van der Waals surface area contributed by atoms with Gasteiger partial charge in [0.05, 0.1) is 6.54 Å². The quantitative estimate of drug-likeness (QED) is 0.624. The van der Waals surface area contributed by atoms with Crippen molar-refractivity contribution in [1.82, 2.24) is 20.6 Å². The number of aromatic nitrogens is 2. The second-order valence-corrected chi connectivity index (χ2v) is 7.98. The lowest BCUT2D eigenvalue weighted by Crippen LogP contribution is -2.48. The molecule has 0 saturated carbocycles. The molecule has 1 aliphatic rings. The summed E-state index contributed by atoms with van der Waals surface area (Å²) in [4.78, 5) is 17.2. The summed E-state index contributed by atoms with van der Waals surface area (Å²) in [6, 6.07) is 4.68. The van der Waals surface area contributed by atoms with Crippen LogP contribution in [0.25, 0.3) is 0 Å². The molecule has 0 atom stereocenters. The minimum absolute atomic E-state index is 0.438. The van der Waals surface area contributed by atoms with Crippen LogP contribution in [0.5, 0.6) is 0 Å². The first-order chi connectivity index (χ1) is 12.6. The van der Waals surface area contributed by atoms with Crippen LogP contribution in [-0.2, 0) is 6.54 Å². The molecule has 0 unspecified atom stereocenters. The highest BCUT2D eigenvalue weighted by Gasteiger charge is 2.20. The summed E-state index contributed by atoms with van der Waals surface area (Å²) in [6.07, 6.45) is 6.01. The highest BCUT2D eigenvalue weighted by Crippen LogP contribution is 2.18. The van der Waals surface area contributed by atoms with Gasteiger partial charge in [0.1, 0.15) is 10.8 Å². The van der Waals surface area contributed by atoms with Crippen molar-refractivity contribution in [1.29, 1.82) is 0 Å². The van der Waals surface area contributed by atoms with Gasteiger partial charge in [0.2, 0.25) is 0 Å². The van der Waals surface area contributed by atoms with Gasteiger partial charge in [-0.15, -0.1) is 11.3 Å². The lowest BCUT2D eigenvalue weighted by molar-refractivity contribution is 0.459. The van der Waals surface area contributed by atoms with E-state index >= 15 is 0 Å². The number of hydrogen-bond acceptors (Lipinski definition) is 5. The highest BCUT2D eigenvalue weighted by atomic mass is 32.1. The van der Waals surface area contributed by atoms with Crippen molar-refractivity contribution >= 4 is 23.1 Å². The molecular weight excluding hydrogens is 344 g/mol. The Kier molecular flexibility index (Phi) is 6.44. The van der Waals surface area contributed by atoms with Gasteiger partial charge in [-0.05, 0) is 45.2 Å². The fraction of sp³-hybridized carbons (Fsp3) is 0.526. The average Bonchev–Trinajstić information content (AvgIpc) is 3.07. The molecule has 1 fully saturated rings. The maximum Gasteiger partial charge on any atom is 0.191 e. The fourth-order valence-electron chi connectivity index (χ4n) is 3.03. The summed E-state index contributed by atoms with van der Waals surface area (Å²) in [7, 11) is 0. The molecule has 140 valence electrons. The van der Waals surface area contributed by atoms with Crippen molar-refractivity contribution in [3.05, 3.63) is 40.0 Å². The number of anilines is 1. The van der Waals surface area contributed by atoms with Gasteiger partial charge < -0.3 is 15.5 Å². The van der Waals surface area contributed by atoms with Crippen LogP contribution in [0.15, 0.2) is 29.5 Å². The average molecular weight is 373 g/mol. The smallest absolute Gasteiger partial charge is 0.191 e. The molecule has 0 radical (unpaired) electrons. The number of thiazole rings is 1. The topological polar surface area (TPSA) is 65.4 Å². The third-order valence-corrected chi connectivity index (χ3v) is 5.34. The van der Waals surface area contributed by atoms with Gasteiger partial charge in [0.15, 0.2) is 5.96 Å². The molecule has 6 nitrogen and oxygen atoms in total. The van der Waals surface area contributed by atoms with Crippen LogP contribution in [-0.4, -0.2) is 41.6 Å². The Morgan fingerprint density at radius 3 is 2.65 bits per heavy atom. The molecule has 1 saturated heterocycles. The standard InChI is InChI=1S/C19H28N6S/c1-4-20-19(23-13-18-22-12-15(3)26-18)24-16-7-9-25(10-8-16)17-6-5-14(2)11-21-17/h5-6,11-12,16H,4,7-10,13H2,1-3H3,(H2,20,23,24). The molecule has 2 aromatic rings. The van der Waals surface area contributed by atoms with Crippen molar-refractivity contribution in [2.75, 3.05) is 24.5 Å². The predicted molar refractivity (Wildman–Crippen MR) is 109 cm³/mol. The Bertz CT molecular complexity index is 716. The van der Waals surface area contributed by atoms with E-state index in [0.717, 1.165) is 49.3 Å². The lowest BCUT2D eigenvalue weighted by atomic mass is 10.1. The molecule has 0 aromatic carbocycles. The van der Waals surface area contributed by atoms with E-state index in [1.807, 2.05) is 12.4 Å². The third kappa shape index (κ3) is 5.17. The molecule has 2 aromatic heterocycles. The summed E-state index contributed by atoms with van der Waals surface area (Å²) in [5.74, 6) is 1.96. The van der Waals surface area contributed by atoms with Crippen molar-refractivity contribution in [2.45, 2.75) is 46.2 Å². The van der Waals surface area contributed by atoms with Crippen LogP contribution in [0, 0.1) is 13.8 Å². The highest BCUT2D eigenvalue weighted by molar-refractivity contribution is 7.11. The maximum atomic E-state index is 4.69.